The number of aromatic nitrogens is 1. The van der Waals surface area contributed by atoms with Crippen LogP contribution in [0.5, 0.6) is 5.75 Å². The first-order valence-corrected chi connectivity index (χ1v) is 11.9. The maximum absolute atomic E-state index is 12.5. The molecule has 0 aliphatic carbocycles. The van der Waals surface area contributed by atoms with Gasteiger partial charge in [-0.05, 0) is 48.7 Å². The second kappa shape index (κ2) is 12.7. The third-order valence-corrected chi connectivity index (χ3v) is 5.49. The second-order valence-corrected chi connectivity index (χ2v) is 8.12. The SMILES string of the molecule is CCOC(=O)C(Cc1ccc(OCCNCc2nc3ccccc3o2)cc1)NCc1ccccc1. The number of benzene rings is 3. The zero-order chi connectivity index (χ0) is 24.3. The van der Waals surface area contributed by atoms with Gasteiger partial charge in [0.2, 0.25) is 5.89 Å². The molecule has 1 heterocycles. The molecule has 2 N–H and O–H groups in total. The average Bonchev–Trinajstić information content (AvgIpc) is 3.31. The van der Waals surface area contributed by atoms with Gasteiger partial charge in [0.15, 0.2) is 5.58 Å². The van der Waals surface area contributed by atoms with Crippen LogP contribution in [-0.2, 0) is 29.0 Å². The molecule has 0 bridgehead atoms. The van der Waals surface area contributed by atoms with Gasteiger partial charge < -0.3 is 24.5 Å². The summed E-state index contributed by atoms with van der Waals surface area (Å²) in [5, 5.41) is 6.61. The van der Waals surface area contributed by atoms with E-state index in [2.05, 4.69) is 15.6 Å². The van der Waals surface area contributed by atoms with Gasteiger partial charge in [0.05, 0.1) is 13.2 Å². The molecule has 0 fully saturated rings. The quantitative estimate of drug-likeness (QED) is 0.222. The maximum Gasteiger partial charge on any atom is 0.323 e. The van der Waals surface area contributed by atoms with Gasteiger partial charge in [-0.2, -0.15) is 0 Å². The van der Waals surface area contributed by atoms with Gasteiger partial charge in [-0.15, -0.1) is 0 Å². The fourth-order valence-corrected chi connectivity index (χ4v) is 3.71. The molecule has 1 atom stereocenters. The molecule has 0 spiro atoms. The minimum absolute atomic E-state index is 0.242. The van der Waals surface area contributed by atoms with Crippen LogP contribution in [0.1, 0.15) is 23.9 Å². The number of hydrogen-bond acceptors (Lipinski definition) is 7. The second-order valence-electron chi connectivity index (χ2n) is 8.12. The maximum atomic E-state index is 12.5. The summed E-state index contributed by atoms with van der Waals surface area (Å²) in [4.78, 5) is 16.9. The van der Waals surface area contributed by atoms with Gasteiger partial charge in [-0.3, -0.25) is 4.79 Å². The Kier molecular flexibility index (Phi) is 8.86. The molecular formula is C28H31N3O4. The molecule has 4 aromatic rings. The lowest BCUT2D eigenvalue weighted by Gasteiger charge is -2.18. The van der Waals surface area contributed by atoms with E-state index in [9.17, 15) is 4.79 Å². The molecule has 182 valence electrons. The summed E-state index contributed by atoms with van der Waals surface area (Å²) in [6.07, 6.45) is 0.540. The van der Waals surface area contributed by atoms with Crippen LogP contribution in [0.3, 0.4) is 0 Å². The highest BCUT2D eigenvalue weighted by atomic mass is 16.5. The Hall–Kier alpha value is -3.68. The lowest BCUT2D eigenvalue weighted by atomic mass is 10.1. The van der Waals surface area contributed by atoms with Crippen molar-refractivity contribution < 1.29 is 18.7 Å². The minimum atomic E-state index is -0.419. The Morgan fingerprint density at radius 2 is 1.71 bits per heavy atom. The van der Waals surface area contributed by atoms with Crippen molar-refractivity contribution in [2.45, 2.75) is 32.5 Å². The first kappa shape index (κ1) is 24.4. The van der Waals surface area contributed by atoms with E-state index >= 15 is 0 Å². The van der Waals surface area contributed by atoms with Crippen LogP contribution < -0.4 is 15.4 Å². The normalized spacial score (nSPS) is 11.9. The monoisotopic (exact) mass is 473 g/mol. The van der Waals surface area contributed by atoms with Crippen molar-refractivity contribution in [2.24, 2.45) is 0 Å². The molecule has 0 radical (unpaired) electrons. The Morgan fingerprint density at radius 3 is 2.49 bits per heavy atom. The van der Waals surface area contributed by atoms with Gasteiger partial charge in [0.25, 0.3) is 0 Å². The van der Waals surface area contributed by atoms with Crippen molar-refractivity contribution in [3.8, 4) is 5.75 Å². The molecule has 7 nitrogen and oxygen atoms in total. The Bertz CT molecular complexity index is 1160. The van der Waals surface area contributed by atoms with Crippen LogP contribution >= 0.6 is 0 Å². The largest absolute Gasteiger partial charge is 0.492 e. The smallest absolute Gasteiger partial charge is 0.323 e. The van der Waals surface area contributed by atoms with Crippen LogP contribution in [0, 0.1) is 0 Å². The molecule has 0 aliphatic heterocycles. The third kappa shape index (κ3) is 7.40. The molecule has 7 heteroatoms. The number of ether oxygens (including phenoxy) is 2. The number of nitrogens with zero attached hydrogens (tertiary/aromatic N) is 1. The molecule has 0 amide bonds. The molecule has 3 aromatic carbocycles. The predicted octanol–water partition coefficient (Wildman–Crippen LogP) is 4.26. The van der Waals surface area contributed by atoms with Gasteiger partial charge in [0, 0.05) is 13.1 Å². The fourth-order valence-electron chi connectivity index (χ4n) is 3.71. The van der Waals surface area contributed by atoms with Crippen molar-refractivity contribution in [1.29, 1.82) is 0 Å². The van der Waals surface area contributed by atoms with E-state index in [0.717, 1.165) is 28.0 Å². The van der Waals surface area contributed by atoms with Gasteiger partial charge in [0.1, 0.15) is 23.9 Å². The van der Waals surface area contributed by atoms with Crippen LogP contribution in [-0.4, -0.2) is 36.8 Å². The summed E-state index contributed by atoms with van der Waals surface area (Å²) in [5.41, 5.74) is 3.81. The summed E-state index contributed by atoms with van der Waals surface area (Å²) in [6.45, 7) is 4.50. The number of nitrogens with one attached hydrogen (secondary N) is 2. The summed E-state index contributed by atoms with van der Waals surface area (Å²) in [7, 11) is 0. The molecule has 4 rings (SSSR count). The number of fused-ring (bicyclic) bond motifs is 1. The van der Waals surface area contributed by atoms with Gasteiger partial charge >= 0.3 is 5.97 Å². The highest BCUT2D eigenvalue weighted by Gasteiger charge is 2.19. The van der Waals surface area contributed by atoms with Crippen LogP contribution in [0.2, 0.25) is 0 Å². The van der Waals surface area contributed by atoms with Crippen molar-refractivity contribution in [2.75, 3.05) is 19.8 Å². The average molecular weight is 474 g/mol. The number of para-hydroxylation sites is 2. The highest BCUT2D eigenvalue weighted by Crippen LogP contribution is 2.15. The summed E-state index contributed by atoms with van der Waals surface area (Å²) in [6, 6.07) is 25.1. The van der Waals surface area contributed by atoms with Crippen LogP contribution in [0.15, 0.2) is 83.3 Å². The van der Waals surface area contributed by atoms with Crippen molar-refractivity contribution >= 4 is 17.1 Å². The molecule has 35 heavy (non-hydrogen) atoms. The number of hydrogen-bond donors (Lipinski definition) is 2. The van der Waals surface area contributed by atoms with Crippen LogP contribution in [0.25, 0.3) is 11.1 Å². The van der Waals surface area contributed by atoms with Crippen molar-refractivity contribution in [3.63, 3.8) is 0 Å². The van der Waals surface area contributed by atoms with E-state index in [-0.39, 0.29) is 5.97 Å². The van der Waals surface area contributed by atoms with Crippen molar-refractivity contribution in [3.05, 3.63) is 95.9 Å². The molecule has 0 saturated carbocycles. The minimum Gasteiger partial charge on any atom is -0.492 e. The van der Waals surface area contributed by atoms with Crippen LogP contribution in [0.4, 0.5) is 0 Å². The summed E-state index contributed by atoms with van der Waals surface area (Å²) >= 11 is 0. The van der Waals surface area contributed by atoms with E-state index in [1.54, 1.807) is 0 Å². The lowest BCUT2D eigenvalue weighted by molar-refractivity contribution is -0.145. The fraction of sp³-hybridized carbons (Fsp3) is 0.286. The summed E-state index contributed by atoms with van der Waals surface area (Å²) in [5.74, 6) is 1.20. The molecule has 0 aliphatic rings. The Labute approximate surface area is 205 Å². The predicted molar refractivity (Wildman–Crippen MR) is 135 cm³/mol. The number of esters is 1. The number of rotatable bonds is 13. The number of oxazole rings is 1. The van der Waals surface area contributed by atoms with E-state index in [4.69, 9.17) is 13.9 Å². The molecular weight excluding hydrogens is 442 g/mol. The Morgan fingerprint density at radius 1 is 0.943 bits per heavy atom. The number of carbonyl (C=O) groups is 1. The van der Waals surface area contributed by atoms with Crippen molar-refractivity contribution in [1.82, 2.24) is 15.6 Å². The van der Waals surface area contributed by atoms with E-state index in [1.165, 1.54) is 0 Å². The van der Waals surface area contributed by atoms with Gasteiger partial charge in [-0.1, -0.05) is 54.6 Å². The third-order valence-electron chi connectivity index (χ3n) is 5.49. The molecule has 1 unspecified atom stereocenters. The van der Waals surface area contributed by atoms with E-state index in [0.29, 0.717) is 45.2 Å². The van der Waals surface area contributed by atoms with E-state index < -0.39 is 6.04 Å². The standard InChI is InChI=1S/C28H31N3O4/c1-2-33-28(32)25(30-19-22-8-4-3-5-9-22)18-21-12-14-23(15-13-21)34-17-16-29-20-27-31-24-10-6-7-11-26(24)35-27/h3-15,25,29-30H,2,16-20H2,1H3. The van der Waals surface area contributed by atoms with Gasteiger partial charge in [-0.25, -0.2) is 4.98 Å². The molecule has 0 saturated heterocycles. The first-order valence-electron chi connectivity index (χ1n) is 11.9. The molecule has 1 aromatic heterocycles. The Balaban J connectivity index is 1.22. The zero-order valence-electron chi connectivity index (χ0n) is 19.9. The lowest BCUT2D eigenvalue weighted by Crippen LogP contribution is -2.39. The van der Waals surface area contributed by atoms with E-state index in [1.807, 2.05) is 85.8 Å². The first-order chi connectivity index (χ1) is 17.2. The summed E-state index contributed by atoms with van der Waals surface area (Å²) < 4.78 is 16.8. The number of carbonyl (C=O) groups excluding carboxylic acids is 1. The highest BCUT2D eigenvalue weighted by molar-refractivity contribution is 5.76. The zero-order valence-corrected chi connectivity index (χ0v) is 19.9. The topological polar surface area (TPSA) is 85.6 Å².